The smallest absolute Gasteiger partial charge is 0.229 e. The lowest BCUT2D eigenvalue weighted by molar-refractivity contribution is 0.607. The van der Waals surface area contributed by atoms with E-state index in [1.54, 1.807) is 37.3 Å². The molecule has 0 aliphatic rings. The van der Waals surface area contributed by atoms with Crippen LogP contribution in [0.1, 0.15) is 5.56 Å². The van der Waals surface area contributed by atoms with Gasteiger partial charge in [-0.2, -0.15) is 15.8 Å². The van der Waals surface area contributed by atoms with E-state index in [-0.39, 0.29) is 11.3 Å². The normalized spacial score (nSPS) is 9.67. The van der Waals surface area contributed by atoms with Crippen molar-refractivity contribution < 1.29 is 8.42 Å². The summed E-state index contributed by atoms with van der Waals surface area (Å²) in [6.07, 6.45) is 1.02. The molecular formula is C13H11N5O2S. The van der Waals surface area contributed by atoms with E-state index in [2.05, 4.69) is 10.0 Å². The Hall–Kier alpha value is -3.02. The van der Waals surface area contributed by atoms with Gasteiger partial charge in [0.2, 0.25) is 10.0 Å². The van der Waals surface area contributed by atoms with Crippen LogP contribution in [0.15, 0.2) is 29.5 Å². The molecule has 1 aromatic rings. The van der Waals surface area contributed by atoms with Crippen molar-refractivity contribution in [3.63, 3.8) is 0 Å². The van der Waals surface area contributed by atoms with Crippen molar-refractivity contribution in [2.24, 2.45) is 0 Å². The quantitative estimate of drug-likeness (QED) is 0.812. The Balaban J connectivity index is 3.24. The molecule has 0 aliphatic heterocycles. The zero-order valence-electron chi connectivity index (χ0n) is 11.3. The molecule has 0 bridgehead atoms. The summed E-state index contributed by atoms with van der Waals surface area (Å²) >= 11 is 0. The van der Waals surface area contributed by atoms with E-state index < -0.39 is 10.0 Å². The third kappa shape index (κ3) is 4.54. The predicted molar refractivity (Wildman–Crippen MR) is 77.1 cm³/mol. The van der Waals surface area contributed by atoms with Crippen LogP contribution in [0.4, 0.5) is 11.4 Å². The van der Waals surface area contributed by atoms with Gasteiger partial charge >= 0.3 is 0 Å². The fourth-order valence-corrected chi connectivity index (χ4v) is 2.01. The van der Waals surface area contributed by atoms with E-state index in [1.165, 1.54) is 6.07 Å². The molecule has 7 nitrogen and oxygen atoms in total. The van der Waals surface area contributed by atoms with Crippen LogP contribution in [0.2, 0.25) is 0 Å². The number of hydrogen-bond acceptors (Lipinski definition) is 6. The zero-order valence-corrected chi connectivity index (χ0v) is 12.1. The molecule has 0 amide bonds. The SMILES string of the molecule is Cc1ccc(NS(C)(=O)=O)cc1NC(C#N)=C(C#N)C#N. The summed E-state index contributed by atoms with van der Waals surface area (Å²) in [5.41, 5.74) is 0.900. The summed E-state index contributed by atoms with van der Waals surface area (Å²) in [5, 5.41) is 29.2. The maximum absolute atomic E-state index is 11.2. The lowest BCUT2D eigenvalue weighted by Gasteiger charge is -2.11. The van der Waals surface area contributed by atoms with Crippen LogP contribution in [-0.2, 0) is 10.0 Å². The molecule has 0 saturated carbocycles. The Morgan fingerprint density at radius 1 is 1.14 bits per heavy atom. The van der Waals surface area contributed by atoms with E-state index in [0.717, 1.165) is 11.8 Å². The molecule has 1 aromatic carbocycles. The Morgan fingerprint density at radius 2 is 1.76 bits per heavy atom. The number of hydrogen-bond donors (Lipinski definition) is 2. The van der Waals surface area contributed by atoms with Gasteiger partial charge in [-0.05, 0) is 24.6 Å². The lowest BCUT2D eigenvalue weighted by atomic mass is 10.1. The van der Waals surface area contributed by atoms with Gasteiger partial charge in [-0.1, -0.05) is 6.07 Å². The van der Waals surface area contributed by atoms with Crippen molar-refractivity contribution in [1.29, 1.82) is 15.8 Å². The van der Waals surface area contributed by atoms with E-state index in [9.17, 15) is 8.42 Å². The highest BCUT2D eigenvalue weighted by atomic mass is 32.2. The van der Waals surface area contributed by atoms with Crippen LogP contribution < -0.4 is 10.0 Å². The number of nitrogens with zero attached hydrogens (tertiary/aromatic N) is 3. The molecule has 1 rings (SSSR count). The Bertz CT molecular complexity index is 804. The highest BCUT2D eigenvalue weighted by molar-refractivity contribution is 7.92. The molecule has 0 aliphatic carbocycles. The average Bonchev–Trinajstić information content (AvgIpc) is 2.40. The molecule has 0 heterocycles. The lowest BCUT2D eigenvalue weighted by Crippen LogP contribution is -2.10. The van der Waals surface area contributed by atoms with Crippen molar-refractivity contribution in [2.45, 2.75) is 6.92 Å². The van der Waals surface area contributed by atoms with Crippen LogP contribution >= 0.6 is 0 Å². The Labute approximate surface area is 122 Å². The summed E-state index contributed by atoms with van der Waals surface area (Å²) in [7, 11) is -3.43. The van der Waals surface area contributed by atoms with Crippen LogP contribution in [0.3, 0.4) is 0 Å². The molecule has 0 unspecified atom stereocenters. The number of aryl methyl sites for hydroxylation is 1. The number of anilines is 2. The van der Waals surface area contributed by atoms with Crippen LogP contribution in [0.25, 0.3) is 0 Å². The molecule has 106 valence electrons. The highest BCUT2D eigenvalue weighted by Gasteiger charge is 2.09. The van der Waals surface area contributed by atoms with Gasteiger partial charge in [-0.15, -0.1) is 0 Å². The third-order valence-electron chi connectivity index (χ3n) is 2.39. The standard InChI is InChI=1S/C13H11N5O2S/c1-9-3-4-11(18-21(2,19)20)5-12(9)17-13(8-16)10(6-14)7-15/h3-5,17-18H,1-2H3. The minimum absolute atomic E-state index is 0.195. The molecule has 2 N–H and O–H groups in total. The highest BCUT2D eigenvalue weighted by Crippen LogP contribution is 2.23. The number of benzene rings is 1. The van der Waals surface area contributed by atoms with Crippen LogP contribution in [0, 0.1) is 40.9 Å². The molecule has 0 atom stereocenters. The minimum atomic E-state index is -3.43. The summed E-state index contributed by atoms with van der Waals surface area (Å²) in [6, 6.07) is 9.64. The summed E-state index contributed by atoms with van der Waals surface area (Å²) < 4.78 is 24.7. The maximum atomic E-state index is 11.2. The summed E-state index contributed by atoms with van der Waals surface area (Å²) in [6.45, 7) is 1.74. The summed E-state index contributed by atoms with van der Waals surface area (Å²) in [4.78, 5) is 0. The first-order valence-corrected chi connectivity index (χ1v) is 7.50. The monoisotopic (exact) mass is 301 g/mol. The van der Waals surface area contributed by atoms with Gasteiger partial charge in [0.15, 0.2) is 5.57 Å². The minimum Gasteiger partial charge on any atom is -0.345 e. The van der Waals surface area contributed by atoms with Gasteiger partial charge < -0.3 is 5.32 Å². The Kier molecular flexibility index (Phi) is 4.91. The number of sulfonamides is 1. The predicted octanol–water partition coefficient (Wildman–Crippen LogP) is 1.60. The topological polar surface area (TPSA) is 130 Å². The first kappa shape index (κ1) is 16.0. The largest absolute Gasteiger partial charge is 0.345 e. The molecule has 0 saturated heterocycles. The molecule has 21 heavy (non-hydrogen) atoms. The van der Waals surface area contributed by atoms with E-state index >= 15 is 0 Å². The first-order chi connectivity index (χ1) is 9.80. The van der Waals surface area contributed by atoms with Gasteiger partial charge in [0.25, 0.3) is 0 Å². The molecule has 0 spiro atoms. The molecule has 0 radical (unpaired) electrons. The van der Waals surface area contributed by atoms with Crippen molar-refractivity contribution in [1.82, 2.24) is 0 Å². The fourth-order valence-electron chi connectivity index (χ4n) is 1.45. The number of nitriles is 3. The van der Waals surface area contributed by atoms with Crippen molar-refractivity contribution in [2.75, 3.05) is 16.3 Å². The third-order valence-corrected chi connectivity index (χ3v) is 2.99. The van der Waals surface area contributed by atoms with Gasteiger partial charge in [0.1, 0.15) is 23.9 Å². The van der Waals surface area contributed by atoms with E-state index in [1.807, 2.05) is 0 Å². The van der Waals surface area contributed by atoms with Gasteiger partial charge in [0.05, 0.1) is 11.9 Å². The Morgan fingerprint density at radius 3 is 2.24 bits per heavy atom. The first-order valence-electron chi connectivity index (χ1n) is 5.60. The number of allylic oxidation sites excluding steroid dienone is 2. The number of rotatable bonds is 4. The average molecular weight is 301 g/mol. The molecular weight excluding hydrogens is 290 g/mol. The van der Waals surface area contributed by atoms with Crippen molar-refractivity contribution in [3.05, 3.63) is 35.0 Å². The second-order valence-electron chi connectivity index (χ2n) is 4.11. The molecule has 0 aromatic heterocycles. The van der Waals surface area contributed by atoms with Crippen molar-refractivity contribution in [3.8, 4) is 18.2 Å². The van der Waals surface area contributed by atoms with Crippen LogP contribution in [0.5, 0.6) is 0 Å². The van der Waals surface area contributed by atoms with E-state index in [4.69, 9.17) is 15.8 Å². The summed E-state index contributed by atoms with van der Waals surface area (Å²) in [5.74, 6) is 0. The van der Waals surface area contributed by atoms with Gasteiger partial charge in [-0.3, -0.25) is 4.72 Å². The van der Waals surface area contributed by atoms with E-state index in [0.29, 0.717) is 11.4 Å². The maximum Gasteiger partial charge on any atom is 0.229 e. The zero-order chi connectivity index (χ0) is 16.0. The molecule has 0 fully saturated rings. The van der Waals surface area contributed by atoms with Crippen LogP contribution in [-0.4, -0.2) is 14.7 Å². The second kappa shape index (κ2) is 6.42. The van der Waals surface area contributed by atoms with Gasteiger partial charge in [0, 0.05) is 5.69 Å². The fraction of sp³-hybridized carbons (Fsp3) is 0.154. The van der Waals surface area contributed by atoms with Gasteiger partial charge in [-0.25, -0.2) is 8.42 Å². The number of nitrogens with one attached hydrogen (secondary N) is 2. The molecule has 8 heteroatoms. The second-order valence-corrected chi connectivity index (χ2v) is 5.86. The van der Waals surface area contributed by atoms with Crippen molar-refractivity contribution >= 4 is 21.4 Å².